The highest BCUT2D eigenvalue weighted by Crippen LogP contribution is 2.31. The third kappa shape index (κ3) is 3.86. The summed E-state index contributed by atoms with van der Waals surface area (Å²) in [5.74, 6) is 0. The van der Waals surface area contributed by atoms with Crippen molar-refractivity contribution in [3.63, 3.8) is 0 Å². The number of para-hydroxylation sites is 1. The molecule has 0 aliphatic rings. The number of thiazole rings is 1. The Labute approximate surface area is 129 Å². The van der Waals surface area contributed by atoms with Gasteiger partial charge in [0.15, 0.2) is 0 Å². The molecule has 1 N–H and O–H groups in total. The molecule has 1 aromatic carbocycles. The molecule has 0 atom stereocenters. The molecule has 2 rings (SSSR count). The van der Waals surface area contributed by atoms with E-state index in [2.05, 4.69) is 29.0 Å². The average molecular weight is 305 g/mol. The molecule has 2 aromatic rings. The molecule has 0 radical (unpaired) electrons. The molecule has 0 amide bonds. The molecule has 0 spiro atoms. The average Bonchev–Trinajstić information content (AvgIpc) is 2.88. The van der Waals surface area contributed by atoms with E-state index in [0.717, 1.165) is 16.5 Å². The number of hydrogen-bond acceptors (Lipinski definition) is 5. The smallest absolute Gasteiger partial charge is 0.395 e. The Hall–Kier alpha value is -1.79. The number of benzene rings is 1. The van der Waals surface area contributed by atoms with Gasteiger partial charge >= 0.3 is 5.13 Å². The molecular formula is C15H21N4OS+. The third-order valence-corrected chi connectivity index (χ3v) is 4.00. The molecule has 5 nitrogen and oxygen atoms in total. The summed E-state index contributed by atoms with van der Waals surface area (Å²) >= 11 is 1.55. The minimum absolute atomic E-state index is 0.115. The van der Waals surface area contributed by atoms with Crippen molar-refractivity contribution in [2.24, 2.45) is 17.3 Å². The normalized spacial score (nSPS) is 11.5. The van der Waals surface area contributed by atoms with E-state index >= 15 is 0 Å². The number of nitrogens with zero attached hydrogens (tertiary/aromatic N) is 4. The first-order chi connectivity index (χ1) is 10.1. The molecule has 0 fully saturated rings. The maximum atomic E-state index is 9.26. The van der Waals surface area contributed by atoms with Gasteiger partial charge in [0.05, 0.1) is 24.5 Å². The lowest BCUT2D eigenvalue weighted by atomic mass is 10.2. The van der Waals surface area contributed by atoms with Crippen molar-refractivity contribution in [3.8, 4) is 0 Å². The Morgan fingerprint density at radius 2 is 2.05 bits per heavy atom. The van der Waals surface area contributed by atoms with Crippen LogP contribution in [0.25, 0.3) is 0 Å². The summed E-state index contributed by atoms with van der Waals surface area (Å²) in [6, 6.07) is 8.17. The van der Waals surface area contributed by atoms with Crippen LogP contribution in [-0.4, -0.2) is 24.3 Å². The number of aromatic nitrogens is 1. The lowest BCUT2D eigenvalue weighted by molar-refractivity contribution is -0.654. The number of rotatable bonds is 6. The summed E-state index contributed by atoms with van der Waals surface area (Å²) in [7, 11) is 1.95. The van der Waals surface area contributed by atoms with E-state index in [1.54, 1.807) is 11.3 Å². The molecule has 0 bridgehead atoms. The SMILES string of the molecule is CC(C)N(CCO)c1ccccc1/N=N/c1scc[n+]1C. The minimum Gasteiger partial charge on any atom is -0.395 e. The van der Waals surface area contributed by atoms with E-state index in [-0.39, 0.29) is 12.6 Å². The van der Waals surface area contributed by atoms with Gasteiger partial charge in [-0.1, -0.05) is 12.1 Å². The highest BCUT2D eigenvalue weighted by molar-refractivity contribution is 7.12. The van der Waals surface area contributed by atoms with Gasteiger partial charge in [0.2, 0.25) is 0 Å². The van der Waals surface area contributed by atoms with Gasteiger partial charge < -0.3 is 10.0 Å². The van der Waals surface area contributed by atoms with Crippen LogP contribution >= 0.6 is 11.3 Å². The van der Waals surface area contributed by atoms with Crippen LogP contribution in [-0.2, 0) is 7.05 Å². The first kappa shape index (κ1) is 15.6. The number of hydrogen-bond donors (Lipinski definition) is 1. The number of anilines is 1. The Balaban J connectivity index is 2.32. The van der Waals surface area contributed by atoms with Gasteiger partial charge in [0, 0.05) is 18.0 Å². The molecule has 0 aliphatic heterocycles. The number of azo groups is 1. The van der Waals surface area contributed by atoms with E-state index in [9.17, 15) is 5.11 Å². The Bertz CT molecular complexity index is 609. The first-order valence-corrected chi connectivity index (χ1v) is 7.83. The lowest BCUT2D eigenvalue weighted by Gasteiger charge is -2.28. The number of aryl methyl sites for hydroxylation is 1. The number of aliphatic hydroxyl groups is 1. The van der Waals surface area contributed by atoms with E-state index in [1.807, 2.05) is 47.5 Å². The summed E-state index contributed by atoms with van der Waals surface area (Å²) in [5, 5.41) is 20.8. The maximum absolute atomic E-state index is 9.26. The number of aliphatic hydroxyl groups excluding tert-OH is 1. The summed E-state index contributed by atoms with van der Waals surface area (Å²) in [5.41, 5.74) is 1.80. The Morgan fingerprint density at radius 1 is 1.29 bits per heavy atom. The van der Waals surface area contributed by atoms with Crippen LogP contribution in [0.4, 0.5) is 16.5 Å². The van der Waals surface area contributed by atoms with E-state index in [1.165, 1.54) is 0 Å². The molecular weight excluding hydrogens is 284 g/mol. The van der Waals surface area contributed by atoms with Gasteiger partial charge in [-0.25, -0.2) is 4.57 Å². The molecule has 0 saturated carbocycles. The predicted octanol–water partition coefficient (Wildman–Crippen LogP) is 3.20. The van der Waals surface area contributed by atoms with Crippen LogP contribution in [0.15, 0.2) is 46.1 Å². The molecule has 0 aliphatic carbocycles. The van der Waals surface area contributed by atoms with Gasteiger partial charge in [-0.2, -0.15) is 0 Å². The zero-order valence-electron chi connectivity index (χ0n) is 12.6. The molecule has 21 heavy (non-hydrogen) atoms. The van der Waals surface area contributed by atoms with Crippen molar-refractivity contribution >= 4 is 27.8 Å². The van der Waals surface area contributed by atoms with Crippen LogP contribution in [0.5, 0.6) is 0 Å². The van der Waals surface area contributed by atoms with E-state index in [4.69, 9.17) is 0 Å². The molecule has 1 heterocycles. The standard InChI is InChI=1S/C15H21N4OS/c1-12(2)19(8-10-20)14-7-5-4-6-13(14)16-17-15-18(3)9-11-21-15/h4-7,9,11-12,20H,8,10H2,1-3H3/q+1. The van der Waals surface area contributed by atoms with Crippen molar-refractivity contribution in [1.82, 2.24) is 0 Å². The molecule has 0 saturated heterocycles. The van der Waals surface area contributed by atoms with Crippen molar-refractivity contribution < 1.29 is 9.67 Å². The van der Waals surface area contributed by atoms with Gasteiger partial charge in [-0.3, -0.25) is 0 Å². The van der Waals surface area contributed by atoms with Crippen molar-refractivity contribution in [2.75, 3.05) is 18.1 Å². The predicted molar refractivity (Wildman–Crippen MR) is 85.7 cm³/mol. The summed E-state index contributed by atoms with van der Waals surface area (Å²) in [6.45, 7) is 4.90. The second-order valence-corrected chi connectivity index (χ2v) is 5.87. The summed E-state index contributed by atoms with van der Waals surface area (Å²) in [4.78, 5) is 2.13. The van der Waals surface area contributed by atoms with Crippen LogP contribution in [0.2, 0.25) is 0 Å². The fourth-order valence-electron chi connectivity index (χ4n) is 2.08. The molecule has 6 heteroatoms. The summed E-state index contributed by atoms with van der Waals surface area (Å²) in [6.07, 6.45) is 1.96. The lowest BCUT2D eigenvalue weighted by Crippen LogP contribution is -2.33. The van der Waals surface area contributed by atoms with E-state index in [0.29, 0.717) is 6.54 Å². The zero-order valence-corrected chi connectivity index (χ0v) is 13.4. The van der Waals surface area contributed by atoms with Crippen LogP contribution < -0.4 is 9.47 Å². The zero-order chi connectivity index (χ0) is 15.2. The first-order valence-electron chi connectivity index (χ1n) is 6.95. The quantitative estimate of drug-likeness (QED) is 0.658. The fourth-order valence-corrected chi connectivity index (χ4v) is 2.76. The largest absolute Gasteiger partial charge is 0.408 e. The van der Waals surface area contributed by atoms with E-state index < -0.39 is 0 Å². The van der Waals surface area contributed by atoms with Gasteiger partial charge in [0.25, 0.3) is 0 Å². The van der Waals surface area contributed by atoms with Gasteiger partial charge in [-0.05, 0) is 42.4 Å². The van der Waals surface area contributed by atoms with Crippen molar-refractivity contribution in [1.29, 1.82) is 0 Å². The van der Waals surface area contributed by atoms with Crippen LogP contribution in [0.1, 0.15) is 13.8 Å². The van der Waals surface area contributed by atoms with Crippen LogP contribution in [0.3, 0.4) is 0 Å². The van der Waals surface area contributed by atoms with Gasteiger partial charge in [0.1, 0.15) is 11.9 Å². The summed E-state index contributed by atoms with van der Waals surface area (Å²) < 4.78 is 1.94. The second-order valence-electron chi connectivity index (χ2n) is 5.00. The van der Waals surface area contributed by atoms with Gasteiger partial charge in [-0.15, -0.1) is 0 Å². The Morgan fingerprint density at radius 3 is 2.67 bits per heavy atom. The van der Waals surface area contributed by atoms with Crippen LogP contribution in [0, 0.1) is 0 Å². The third-order valence-electron chi connectivity index (χ3n) is 3.16. The molecule has 0 unspecified atom stereocenters. The molecule has 1 aromatic heterocycles. The highest BCUT2D eigenvalue weighted by atomic mass is 32.1. The monoisotopic (exact) mass is 305 g/mol. The van der Waals surface area contributed by atoms with Crippen molar-refractivity contribution in [2.45, 2.75) is 19.9 Å². The molecule has 112 valence electrons. The maximum Gasteiger partial charge on any atom is 0.408 e. The second kappa shape index (κ2) is 7.28. The topological polar surface area (TPSA) is 52.1 Å². The Kier molecular flexibility index (Phi) is 5.41. The highest BCUT2D eigenvalue weighted by Gasteiger charge is 2.15. The fraction of sp³-hybridized carbons (Fsp3) is 0.400. The minimum atomic E-state index is 0.115. The van der Waals surface area contributed by atoms with Crippen molar-refractivity contribution in [3.05, 3.63) is 35.8 Å².